The van der Waals surface area contributed by atoms with Gasteiger partial charge < -0.3 is 5.32 Å². The van der Waals surface area contributed by atoms with Gasteiger partial charge in [-0.25, -0.2) is 8.42 Å². The third-order valence-electron chi connectivity index (χ3n) is 2.92. The SMILES string of the molecule is CC(=O)Nc1nnc(S(=O)(=O)NC2(C#N)CCCC2)s1. The van der Waals surface area contributed by atoms with Crippen molar-refractivity contribution in [1.29, 1.82) is 5.26 Å². The number of amides is 1. The van der Waals surface area contributed by atoms with Crippen molar-refractivity contribution in [2.24, 2.45) is 0 Å². The summed E-state index contributed by atoms with van der Waals surface area (Å²) in [6.07, 6.45) is 2.59. The highest BCUT2D eigenvalue weighted by Crippen LogP contribution is 2.31. The molecule has 0 bridgehead atoms. The van der Waals surface area contributed by atoms with Crippen LogP contribution in [0.15, 0.2) is 4.34 Å². The van der Waals surface area contributed by atoms with Gasteiger partial charge >= 0.3 is 0 Å². The predicted molar refractivity (Wildman–Crippen MR) is 71.3 cm³/mol. The normalized spacial score (nSPS) is 17.6. The number of rotatable bonds is 4. The van der Waals surface area contributed by atoms with Gasteiger partial charge in [0, 0.05) is 6.92 Å². The van der Waals surface area contributed by atoms with Crippen molar-refractivity contribution in [3.05, 3.63) is 0 Å². The minimum absolute atomic E-state index is 0.107. The van der Waals surface area contributed by atoms with E-state index >= 15 is 0 Å². The number of anilines is 1. The maximum absolute atomic E-state index is 12.2. The van der Waals surface area contributed by atoms with Crippen molar-refractivity contribution in [3.8, 4) is 6.07 Å². The van der Waals surface area contributed by atoms with E-state index in [9.17, 15) is 18.5 Å². The lowest BCUT2D eigenvalue weighted by Crippen LogP contribution is -2.44. The minimum atomic E-state index is -3.91. The first-order valence-corrected chi connectivity index (χ1v) is 8.23. The minimum Gasteiger partial charge on any atom is -0.301 e. The molecular weight excluding hydrogens is 302 g/mol. The van der Waals surface area contributed by atoms with E-state index in [1.54, 1.807) is 0 Å². The van der Waals surface area contributed by atoms with Crippen LogP contribution in [0.4, 0.5) is 5.13 Å². The van der Waals surface area contributed by atoms with Gasteiger partial charge in [0.15, 0.2) is 0 Å². The van der Waals surface area contributed by atoms with Crippen LogP contribution >= 0.6 is 11.3 Å². The van der Waals surface area contributed by atoms with E-state index < -0.39 is 15.6 Å². The molecule has 1 aromatic rings. The van der Waals surface area contributed by atoms with Crippen LogP contribution in [0.5, 0.6) is 0 Å². The van der Waals surface area contributed by atoms with Gasteiger partial charge in [0.25, 0.3) is 10.0 Å². The number of carbonyl (C=O) groups excluding carboxylic acids is 1. The first-order valence-electron chi connectivity index (χ1n) is 5.93. The van der Waals surface area contributed by atoms with Crippen LogP contribution in [0.25, 0.3) is 0 Å². The van der Waals surface area contributed by atoms with Crippen molar-refractivity contribution in [3.63, 3.8) is 0 Å². The molecule has 1 saturated carbocycles. The summed E-state index contributed by atoms with van der Waals surface area (Å²) in [6, 6.07) is 2.04. The van der Waals surface area contributed by atoms with Crippen LogP contribution in [0.3, 0.4) is 0 Å². The van der Waals surface area contributed by atoms with Crippen LogP contribution < -0.4 is 10.0 Å². The molecule has 0 radical (unpaired) electrons. The highest BCUT2D eigenvalue weighted by Gasteiger charge is 2.39. The van der Waals surface area contributed by atoms with Gasteiger partial charge in [-0.15, -0.1) is 10.2 Å². The van der Waals surface area contributed by atoms with E-state index in [1.165, 1.54) is 6.92 Å². The molecule has 2 rings (SSSR count). The Morgan fingerprint density at radius 3 is 2.60 bits per heavy atom. The summed E-state index contributed by atoms with van der Waals surface area (Å²) in [5, 5.41) is 18.8. The molecule has 20 heavy (non-hydrogen) atoms. The monoisotopic (exact) mass is 315 g/mol. The summed E-state index contributed by atoms with van der Waals surface area (Å²) in [5.41, 5.74) is -1.06. The molecule has 0 atom stereocenters. The molecule has 1 aliphatic carbocycles. The molecule has 0 spiro atoms. The zero-order valence-electron chi connectivity index (χ0n) is 10.7. The molecule has 8 nitrogen and oxygen atoms in total. The van der Waals surface area contributed by atoms with Gasteiger partial charge in [-0.1, -0.05) is 24.2 Å². The van der Waals surface area contributed by atoms with E-state index in [-0.39, 0.29) is 15.4 Å². The number of nitrogens with zero attached hydrogens (tertiary/aromatic N) is 3. The second kappa shape index (κ2) is 5.43. The summed E-state index contributed by atoms with van der Waals surface area (Å²) in [6.45, 7) is 1.29. The van der Waals surface area contributed by atoms with Crippen molar-refractivity contribution >= 4 is 32.4 Å². The fourth-order valence-electron chi connectivity index (χ4n) is 2.04. The van der Waals surface area contributed by atoms with E-state index in [1.807, 2.05) is 6.07 Å². The summed E-state index contributed by atoms with van der Waals surface area (Å²) >= 11 is 0.747. The highest BCUT2D eigenvalue weighted by molar-refractivity contribution is 7.91. The zero-order chi connectivity index (χ0) is 14.8. The van der Waals surface area contributed by atoms with Gasteiger partial charge in [0.1, 0.15) is 5.54 Å². The summed E-state index contributed by atoms with van der Waals surface area (Å²) in [7, 11) is -3.91. The lowest BCUT2D eigenvalue weighted by molar-refractivity contribution is -0.114. The number of nitriles is 1. The molecule has 0 saturated heterocycles. The Hall–Kier alpha value is -1.57. The lowest BCUT2D eigenvalue weighted by atomic mass is 10.0. The summed E-state index contributed by atoms with van der Waals surface area (Å²) in [5.74, 6) is -0.359. The Kier molecular flexibility index (Phi) is 4.03. The maximum Gasteiger partial charge on any atom is 0.271 e. The highest BCUT2D eigenvalue weighted by atomic mass is 32.2. The Bertz CT molecular complexity index is 655. The number of sulfonamides is 1. The predicted octanol–water partition coefficient (Wildman–Crippen LogP) is 0.611. The van der Waals surface area contributed by atoms with Crippen molar-refractivity contribution < 1.29 is 13.2 Å². The first-order chi connectivity index (χ1) is 9.37. The molecule has 2 N–H and O–H groups in total. The number of aromatic nitrogens is 2. The molecule has 1 heterocycles. The van der Waals surface area contributed by atoms with E-state index in [2.05, 4.69) is 20.2 Å². The molecule has 0 aromatic carbocycles. The van der Waals surface area contributed by atoms with Gasteiger partial charge in [-0.3, -0.25) is 4.79 Å². The average Bonchev–Trinajstić information content (AvgIpc) is 2.98. The Morgan fingerprint density at radius 1 is 1.40 bits per heavy atom. The quantitative estimate of drug-likeness (QED) is 0.784. The van der Waals surface area contributed by atoms with E-state index in [4.69, 9.17) is 0 Å². The molecule has 108 valence electrons. The lowest BCUT2D eigenvalue weighted by Gasteiger charge is -2.20. The van der Waals surface area contributed by atoms with Crippen molar-refractivity contribution in [2.45, 2.75) is 42.5 Å². The molecule has 0 unspecified atom stereocenters. The standard InChI is InChI=1S/C10H13N5O3S2/c1-7(16)12-8-13-14-9(19-8)20(17,18)15-10(6-11)4-2-3-5-10/h15H,2-5H2,1H3,(H,12,13,16). The second-order valence-electron chi connectivity index (χ2n) is 4.56. The number of carbonyl (C=O) groups is 1. The first kappa shape index (κ1) is 14.8. The Labute approximate surface area is 120 Å². The third-order valence-corrected chi connectivity index (χ3v) is 5.66. The average molecular weight is 315 g/mol. The number of nitrogens with one attached hydrogen (secondary N) is 2. The molecule has 1 amide bonds. The topological polar surface area (TPSA) is 125 Å². The van der Waals surface area contributed by atoms with Crippen molar-refractivity contribution in [2.75, 3.05) is 5.32 Å². The maximum atomic E-state index is 12.2. The van der Waals surface area contributed by atoms with Gasteiger partial charge in [0.05, 0.1) is 6.07 Å². The molecule has 1 aromatic heterocycles. The number of hydrogen-bond acceptors (Lipinski definition) is 7. The zero-order valence-corrected chi connectivity index (χ0v) is 12.3. The molecule has 0 aliphatic heterocycles. The van der Waals surface area contributed by atoms with Crippen LogP contribution in [-0.4, -0.2) is 30.1 Å². The van der Waals surface area contributed by atoms with E-state index in [0.29, 0.717) is 12.8 Å². The summed E-state index contributed by atoms with van der Waals surface area (Å²) in [4.78, 5) is 10.9. The third kappa shape index (κ3) is 3.12. The number of hydrogen-bond donors (Lipinski definition) is 2. The molecular formula is C10H13N5O3S2. The van der Waals surface area contributed by atoms with Gasteiger partial charge in [-0.2, -0.15) is 9.98 Å². The Morgan fingerprint density at radius 2 is 2.05 bits per heavy atom. The fraction of sp³-hybridized carbons (Fsp3) is 0.600. The van der Waals surface area contributed by atoms with Gasteiger partial charge in [-0.05, 0) is 12.8 Å². The smallest absolute Gasteiger partial charge is 0.271 e. The van der Waals surface area contributed by atoms with Crippen LogP contribution in [0, 0.1) is 11.3 Å². The largest absolute Gasteiger partial charge is 0.301 e. The fourth-order valence-corrected chi connectivity index (χ4v) is 4.36. The van der Waals surface area contributed by atoms with Crippen LogP contribution in [0.2, 0.25) is 0 Å². The second-order valence-corrected chi connectivity index (χ2v) is 7.39. The Balaban J connectivity index is 2.20. The van der Waals surface area contributed by atoms with Crippen LogP contribution in [-0.2, 0) is 14.8 Å². The van der Waals surface area contributed by atoms with E-state index in [0.717, 1.165) is 24.2 Å². The molecule has 1 aliphatic rings. The van der Waals surface area contributed by atoms with Gasteiger partial charge in [0.2, 0.25) is 15.4 Å². The molecule has 1 fully saturated rings. The van der Waals surface area contributed by atoms with Crippen LogP contribution in [0.1, 0.15) is 32.6 Å². The molecule has 10 heteroatoms. The summed E-state index contributed by atoms with van der Waals surface area (Å²) < 4.78 is 26.5. The van der Waals surface area contributed by atoms with Crippen molar-refractivity contribution in [1.82, 2.24) is 14.9 Å².